The van der Waals surface area contributed by atoms with Crippen LogP contribution in [0.5, 0.6) is 0 Å². The second-order valence-electron chi connectivity index (χ2n) is 21.4. The van der Waals surface area contributed by atoms with E-state index in [2.05, 4.69) is 240 Å². The first-order chi connectivity index (χ1) is 31.8. The molecule has 0 amide bonds. The van der Waals surface area contributed by atoms with Crippen LogP contribution >= 0.6 is 23.1 Å². The van der Waals surface area contributed by atoms with E-state index < -0.39 is 0 Å². The molecule has 0 N–H and O–H groups in total. The molecule has 4 atom stereocenters. The van der Waals surface area contributed by atoms with E-state index in [0.717, 1.165) is 5.69 Å². The van der Waals surface area contributed by atoms with Gasteiger partial charge in [0.05, 0.1) is 27.7 Å². The highest BCUT2D eigenvalue weighted by Crippen LogP contribution is 2.66. The number of nitrogens with zero attached hydrogens (tertiary/aromatic N) is 3. The fraction of sp³-hybridized carbons (Fsp3) is 0.233. The molecule has 8 aromatic rings. The number of aryl methyl sites for hydroxylation is 2. The van der Waals surface area contributed by atoms with Crippen molar-refractivity contribution >= 4 is 95.0 Å². The van der Waals surface area contributed by atoms with Crippen molar-refractivity contribution in [1.82, 2.24) is 0 Å². The summed E-state index contributed by atoms with van der Waals surface area (Å²) >= 11 is 4.03. The van der Waals surface area contributed by atoms with Crippen molar-refractivity contribution < 1.29 is 0 Å². The van der Waals surface area contributed by atoms with E-state index in [1.165, 1.54) is 104 Å². The Morgan fingerprint density at radius 3 is 2.06 bits per heavy atom. The lowest BCUT2D eigenvalue weighted by atomic mass is 9.28. The van der Waals surface area contributed by atoms with Gasteiger partial charge in [0.2, 0.25) is 6.71 Å². The molecule has 4 unspecified atom stereocenters. The molecule has 5 aliphatic rings. The molecule has 0 bridgehead atoms. The van der Waals surface area contributed by atoms with Crippen LogP contribution in [0.25, 0.3) is 20.2 Å². The van der Waals surface area contributed by atoms with Crippen LogP contribution in [0, 0.1) is 19.3 Å². The summed E-state index contributed by atoms with van der Waals surface area (Å²) in [7, 11) is 0. The maximum absolute atomic E-state index is 2.93. The van der Waals surface area contributed by atoms with Gasteiger partial charge in [0.25, 0.3) is 0 Å². The molecule has 13 rings (SSSR count). The first-order valence-electron chi connectivity index (χ1n) is 23.8. The topological polar surface area (TPSA) is 9.72 Å². The highest BCUT2D eigenvalue weighted by molar-refractivity contribution is 8.00. The minimum absolute atomic E-state index is 0.0161. The van der Waals surface area contributed by atoms with Crippen molar-refractivity contribution in [2.24, 2.45) is 5.41 Å². The van der Waals surface area contributed by atoms with E-state index in [1.54, 1.807) is 0 Å². The van der Waals surface area contributed by atoms with Gasteiger partial charge in [-0.2, -0.15) is 0 Å². The van der Waals surface area contributed by atoms with Gasteiger partial charge in [-0.05, 0) is 118 Å². The Kier molecular flexibility index (Phi) is 8.73. The zero-order valence-electron chi connectivity index (χ0n) is 39.1. The van der Waals surface area contributed by atoms with Crippen LogP contribution in [0.1, 0.15) is 80.7 Å². The highest BCUT2D eigenvalue weighted by Gasteiger charge is 2.59. The number of allylic oxidation sites excluding steroid dienone is 2. The highest BCUT2D eigenvalue weighted by atomic mass is 32.2. The largest absolute Gasteiger partial charge is 0.357 e. The Morgan fingerprint density at radius 1 is 0.621 bits per heavy atom. The predicted octanol–water partition coefficient (Wildman–Crippen LogP) is 15.5. The van der Waals surface area contributed by atoms with E-state index in [9.17, 15) is 0 Å². The molecule has 6 heteroatoms. The van der Waals surface area contributed by atoms with Gasteiger partial charge in [-0.25, -0.2) is 0 Å². The Balaban J connectivity index is 1.15. The van der Waals surface area contributed by atoms with Crippen LogP contribution in [0.4, 0.5) is 34.1 Å². The molecule has 0 saturated heterocycles. The lowest BCUT2D eigenvalue weighted by molar-refractivity contribution is 0.495. The third kappa shape index (κ3) is 5.77. The van der Waals surface area contributed by atoms with E-state index in [4.69, 9.17) is 0 Å². The third-order valence-electron chi connectivity index (χ3n) is 15.4. The lowest BCUT2D eigenvalue weighted by Gasteiger charge is -2.54. The fourth-order valence-corrected chi connectivity index (χ4v) is 14.8. The van der Waals surface area contributed by atoms with Gasteiger partial charge in [-0.3, -0.25) is 0 Å². The molecular weight excluding hydrogens is 838 g/mol. The minimum atomic E-state index is -0.0714. The van der Waals surface area contributed by atoms with E-state index >= 15 is 0 Å². The van der Waals surface area contributed by atoms with Crippen LogP contribution in [0.2, 0.25) is 5.82 Å². The summed E-state index contributed by atoms with van der Waals surface area (Å²) in [6, 6.07) is 56.2. The second-order valence-corrected chi connectivity index (χ2v) is 23.6. The quantitative estimate of drug-likeness (QED) is 0.163. The number of thiophene rings is 1. The first kappa shape index (κ1) is 40.3. The molecule has 4 aliphatic heterocycles. The molecule has 1 aliphatic carbocycles. The SMILES string of the molecule is Cc1ccccc1N(c1ccc2c(c1)N(c1cccc3c1sc1ccccc13)C1=CC(C(C)(C)C)=CC3C1B2c1cc(C(C)(C)C)cc2c1N3C1c3ccccc3SC21)c1ccccc1C. The van der Waals surface area contributed by atoms with Crippen LogP contribution in [-0.4, -0.2) is 12.8 Å². The number of thioether (sulfide) groups is 1. The fourth-order valence-electron chi connectivity index (χ4n) is 12.2. The lowest BCUT2D eigenvalue weighted by Crippen LogP contribution is -2.64. The standard InChI is InChI=1S/C60H54BN3S2/c1-35-18-9-13-23-46(35)62(47-24-14-10-19-36(47)2)39-28-29-44-49(34-39)63(48-25-17-22-41-40-20-11-15-26-52(40)65-57(41)48)50-32-38(60(6,7)8)33-51-54(50)61(44)45-31-37(59(3,4)5)30-43-55(45)64(51)56-42-21-12-16-27-53(42)66-58(43)56/h9-34,51,54,56,58H,1-8H3. The second kappa shape index (κ2) is 14.3. The molecule has 7 aromatic carbocycles. The predicted molar refractivity (Wildman–Crippen MR) is 286 cm³/mol. The van der Waals surface area contributed by atoms with Crippen molar-refractivity contribution in [3.8, 4) is 0 Å². The number of para-hydroxylation sites is 2. The molecule has 324 valence electrons. The molecule has 0 spiro atoms. The number of hydrogen-bond acceptors (Lipinski definition) is 5. The van der Waals surface area contributed by atoms with Crippen LogP contribution in [-0.2, 0) is 5.41 Å². The van der Waals surface area contributed by atoms with Crippen molar-refractivity contribution in [3.05, 3.63) is 197 Å². The molecule has 66 heavy (non-hydrogen) atoms. The van der Waals surface area contributed by atoms with Gasteiger partial charge in [0.1, 0.15) is 0 Å². The average molecular weight is 892 g/mol. The minimum Gasteiger partial charge on any atom is -0.357 e. The monoisotopic (exact) mass is 891 g/mol. The van der Waals surface area contributed by atoms with Crippen molar-refractivity contribution in [3.63, 3.8) is 0 Å². The number of anilines is 6. The molecule has 0 radical (unpaired) electrons. The summed E-state index contributed by atoms with van der Waals surface area (Å²) in [6.45, 7) is 19.1. The number of hydrogen-bond donors (Lipinski definition) is 0. The van der Waals surface area contributed by atoms with Gasteiger partial charge in [0.15, 0.2) is 0 Å². The first-order valence-corrected chi connectivity index (χ1v) is 25.5. The molecule has 3 nitrogen and oxygen atoms in total. The molecule has 0 saturated carbocycles. The van der Waals surface area contributed by atoms with Gasteiger partial charge < -0.3 is 14.7 Å². The summed E-state index contributed by atoms with van der Waals surface area (Å²) in [4.78, 5) is 9.60. The average Bonchev–Trinajstić information content (AvgIpc) is 3.98. The zero-order valence-corrected chi connectivity index (χ0v) is 40.7. The third-order valence-corrected chi connectivity index (χ3v) is 18.0. The van der Waals surface area contributed by atoms with Crippen LogP contribution in [0.15, 0.2) is 174 Å². The Bertz CT molecular complexity index is 3370. The summed E-state index contributed by atoms with van der Waals surface area (Å²) in [6.07, 6.45) is 5.33. The van der Waals surface area contributed by atoms with E-state index in [-0.39, 0.29) is 35.4 Å². The zero-order chi connectivity index (χ0) is 45.0. The number of rotatable bonds is 4. The van der Waals surface area contributed by atoms with Crippen molar-refractivity contribution in [1.29, 1.82) is 0 Å². The van der Waals surface area contributed by atoms with Gasteiger partial charge >= 0.3 is 0 Å². The molecule has 5 heterocycles. The molecule has 1 aromatic heterocycles. The summed E-state index contributed by atoms with van der Waals surface area (Å²) < 4.78 is 2.66. The van der Waals surface area contributed by atoms with Gasteiger partial charge in [-0.1, -0.05) is 151 Å². The number of benzene rings is 7. The van der Waals surface area contributed by atoms with E-state index in [1.807, 2.05) is 11.3 Å². The van der Waals surface area contributed by atoms with E-state index in [0.29, 0.717) is 5.25 Å². The molecule has 0 fully saturated rings. The van der Waals surface area contributed by atoms with Crippen LogP contribution < -0.4 is 25.6 Å². The smallest absolute Gasteiger partial charge is 0.226 e. The summed E-state index contributed by atoms with van der Waals surface area (Å²) in [5.74, 6) is 0.176. The maximum Gasteiger partial charge on any atom is 0.226 e. The summed E-state index contributed by atoms with van der Waals surface area (Å²) in [5, 5.41) is 2.99. The van der Waals surface area contributed by atoms with Crippen molar-refractivity contribution in [2.45, 2.75) is 88.9 Å². The summed E-state index contributed by atoms with van der Waals surface area (Å²) in [5.41, 5.74) is 20.1. The van der Waals surface area contributed by atoms with Crippen molar-refractivity contribution in [2.75, 3.05) is 14.7 Å². The maximum atomic E-state index is 2.93. The van der Waals surface area contributed by atoms with Gasteiger partial charge in [-0.15, -0.1) is 23.1 Å². The Morgan fingerprint density at radius 2 is 1.32 bits per heavy atom. The molecular formula is C60H54BN3S2. The van der Waals surface area contributed by atoms with Crippen LogP contribution in [0.3, 0.4) is 0 Å². The Hall–Kier alpha value is -5.95. The normalized spacial score (nSPS) is 20.2. The Labute approximate surface area is 398 Å². The number of fused-ring (bicyclic) bond motifs is 12. The van der Waals surface area contributed by atoms with Gasteiger partial charge in [0, 0.05) is 60.3 Å².